The molecule has 8 nitrogen and oxygen atoms in total. The third-order valence-electron chi connectivity index (χ3n) is 4.92. The van der Waals surface area contributed by atoms with Crippen LogP contribution in [0.25, 0.3) is 0 Å². The summed E-state index contributed by atoms with van der Waals surface area (Å²) in [4.78, 5) is 14.7. The van der Waals surface area contributed by atoms with Crippen molar-refractivity contribution in [1.82, 2.24) is 30.5 Å². The molecule has 2 aromatic rings. The Balaban J connectivity index is 1.42. The number of amides is 1. The second kappa shape index (κ2) is 6.27. The molecule has 2 aliphatic rings. The smallest absolute Gasteiger partial charge is 0.241 e. The first-order valence-corrected chi connectivity index (χ1v) is 8.81. The normalized spacial score (nSPS) is 23.3. The Labute approximate surface area is 146 Å². The average molecular weight is 344 g/mol. The molecule has 2 atom stereocenters. The molecule has 25 heavy (non-hydrogen) atoms. The predicted molar refractivity (Wildman–Crippen MR) is 90.4 cm³/mol. The molecule has 2 aromatic heterocycles. The summed E-state index contributed by atoms with van der Waals surface area (Å²) >= 11 is 0. The summed E-state index contributed by atoms with van der Waals surface area (Å²) in [6.45, 7) is 8.10. The molecule has 1 fully saturated rings. The molecule has 0 bridgehead atoms. The molecule has 1 saturated heterocycles. The van der Waals surface area contributed by atoms with Gasteiger partial charge in [-0.3, -0.25) is 4.79 Å². The molecule has 2 unspecified atom stereocenters. The van der Waals surface area contributed by atoms with E-state index in [4.69, 9.17) is 4.42 Å². The van der Waals surface area contributed by atoms with Crippen LogP contribution in [0.15, 0.2) is 16.5 Å². The van der Waals surface area contributed by atoms with Crippen LogP contribution in [0.5, 0.6) is 0 Å². The highest BCUT2D eigenvalue weighted by molar-refractivity contribution is 5.82. The van der Waals surface area contributed by atoms with Gasteiger partial charge in [-0.2, -0.15) is 0 Å². The zero-order valence-electron chi connectivity index (χ0n) is 14.8. The minimum atomic E-state index is -0.255. The lowest BCUT2D eigenvalue weighted by Gasteiger charge is -2.30. The van der Waals surface area contributed by atoms with Crippen molar-refractivity contribution in [2.45, 2.75) is 58.3 Å². The van der Waals surface area contributed by atoms with Crippen LogP contribution in [0.2, 0.25) is 0 Å². The van der Waals surface area contributed by atoms with Crippen molar-refractivity contribution in [1.29, 1.82) is 0 Å². The number of aryl methyl sites for hydroxylation is 1. The number of hydrogen-bond acceptors (Lipinski definition) is 6. The van der Waals surface area contributed by atoms with Gasteiger partial charge in [-0.25, -0.2) is 10.9 Å². The number of nitrogens with zero attached hydrogens (tertiary/aromatic N) is 4. The van der Waals surface area contributed by atoms with E-state index in [-0.39, 0.29) is 18.0 Å². The Morgan fingerprint density at radius 1 is 1.28 bits per heavy atom. The molecule has 4 heterocycles. The summed E-state index contributed by atoms with van der Waals surface area (Å²) in [5.41, 5.74) is 6.28. The fraction of sp³-hybridized carbons (Fsp3) is 0.588. The van der Waals surface area contributed by atoms with Gasteiger partial charge in [0.1, 0.15) is 23.4 Å². The average Bonchev–Trinajstić information content (AvgIpc) is 3.32. The Morgan fingerprint density at radius 2 is 2.12 bits per heavy atom. The van der Waals surface area contributed by atoms with Crippen LogP contribution < -0.4 is 10.9 Å². The molecule has 134 valence electrons. The Kier molecular flexibility index (Phi) is 4.09. The van der Waals surface area contributed by atoms with Gasteiger partial charge in [0.05, 0.1) is 12.6 Å². The van der Waals surface area contributed by atoms with E-state index in [1.165, 1.54) is 0 Å². The van der Waals surface area contributed by atoms with Gasteiger partial charge in [0.2, 0.25) is 5.91 Å². The lowest BCUT2D eigenvalue weighted by molar-refractivity contribution is -0.134. The summed E-state index contributed by atoms with van der Waals surface area (Å²) in [6.07, 6.45) is 0.673. The highest BCUT2D eigenvalue weighted by atomic mass is 16.3. The lowest BCUT2D eigenvalue weighted by Crippen LogP contribution is -2.48. The first kappa shape index (κ1) is 16.3. The minimum absolute atomic E-state index is 0.0173. The van der Waals surface area contributed by atoms with Crippen LogP contribution in [0.1, 0.15) is 55.4 Å². The summed E-state index contributed by atoms with van der Waals surface area (Å²) in [6, 6.07) is 3.66. The van der Waals surface area contributed by atoms with E-state index in [1.54, 1.807) is 0 Å². The standard InChI is InChI=1S/C17H24N6O2/c1-10(2)16-21-20-15-9-22(6-7-23(15)16)17(24)13-8-12(18-19-13)14-5-4-11(3)25-14/h4-5,10,12-13,18-19H,6-9H2,1-3H3. The number of fused-ring (bicyclic) bond motifs is 1. The second-order valence-electron chi connectivity index (χ2n) is 7.12. The molecule has 0 aliphatic carbocycles. The maximum absolute atomic E-state index is 12.9. The van der Waals surface area contributed by atoms with Gasteiger partial charge in [0.25, 0.3) is 0 Å². The maximum atomic E-state index is 12.9. The Bertz CT molecular complexity index is 780. The van der Waals surface area contributed by atoms with Crippen molar-refractivity contribution in [3.05, 3.63) is 35.3 Å². The fourth-order valence-electron chi connectivity index (χ4n) is 3.56. The van der Waals surface area contributed by atoms with Crippen molar-refractivity contribution in [3.63, 3.8) is 0 Å². The summed E-state index contributed by atoms with van der Waals surface area (Å²) < 4.78 is 7.81. The van der Waals surface area contributed by atoms with Gasteiger partial charge in [-0.05, 0) is 25.5 Å². The molecule has 8 heteroatoms. The van der Waals surface area contributed by atoms with Gasteiger partial charge in [0.15, 0.2) is 5.82 Å². The first-order chi connectivity index (χ1) is 12.0. The summed E-state index contributed by atoms with van der Waals surface area (Å²) in [5, 5.41) is 8.55. The highest BCUT2D eigenvalue weighted by Crippen LogP contribution is 2.26. The van der Waals surface area contributed by atoms with E-state index in [9.17, 15) is 4.79 Å². The lowest BCUT2D eigenvalue weighted by atomic mass is 10.1. The number of rotatable bonds is 3. The number of nitrogens with one attached hydrogen (secondary N) is 2. The first-order valence-electron chi connectivity index (χ1n) is 8.81. The van der Waals surface area contributed by atoms with Gasteiger partial charge >= 0.3 is 0 Å². The number of hydrazine groups is 1. The zero-order valence-corrected chi connectivity index (χ0v) is 14.8. The molecule has 0 saturated carbocycles. The van der Waals surface area contributed by atoms with Crippen molar-refractivity contribution >= 4 is 5.91 Å². The summed E-state index contributed by atoms with van der Waals surface area (Å²) in [5.74, 6) is 4.03. The van der Waals surface area contributed by atoms with Crippen LogP contribution in [0, 0.1) is 6.92 Å². The molecule has 4 rings (SSSR count). The van der Waals surface area contributed by atoms with Crippen molar-refractivity contribution in [2.75, 3.05) is 6.54 Å². The van der Waals surface area contributed by atoms with Crippen LogP contribution in [-0.2, 0) is 17.9 Å². The van der Waals surface area contributed by atoms with Crippen LogP contribution >= 0.6 is 0 Å². The molecule has 2 aliphatic heterocycles. The monoisotopic (exact) mass is 344 g/mol. The second-order valence-corrected chi connectivity index (χ2v) is 7.12. The number of aromatic nitrogens is 3. The molecule has 0 aromatic carbocycles. The van der Waals surface area contributed by atoms with Crippen molar-refractivity contribution in [3.8, 4) is 0 Å². The van der Waals surface area contributed by atoms with E-state index in [0.29, 0.717) is 25.4 Å². The van der Waals surface area contributed by atoms with Gasteiger partial charge in [-0.1, -0.05) is 13.8 Å². The largest absolute Gasteiger partial charge is 0.465 e. The fourth-order valence-corrected chi connectivity index (χ4v) is 3.56. The van der Waals surface area contributed by atoms with Crippen LogP contribution in [-0.4, -0.2) is 38.2 Å². The third-order valence-corrected chi connectivity index (χ3v) is 4.92. The van der Waals surface area contributed by atoms with Gasteiger partial charge in [-0.15, -0.1) is 10.2 Å². The quantitative estimate of drug-likeness (QED) is 0.871. The molecule has 1 amide bonds. The number of carbonyl (C=O) groups excluding carboxylic acids is 1. The van der Waals surface area contributed by atoms with E-state index in [2.05, 4.69) is 39.5 Å². The minimum Gasteiger partial charge on any atom is -0.465 e. The molecular formula is C17H24N6O2. The van der Waals surface area contributed by atoms with Crippen molar-refractivity contribution in [2.24, 2.45) is 0 Å². The topological polar surface area (TPSA) is 88.2 Å². The number of hydrogen-bond donors (Lipinski definition) is 2. The molecule has 0 radical (unpaired) electrons. The van der Waals surface area contributed by atoms with E-state index in [1.807, 2.05) is 24.0 Å². The Hall–Kier alpha value is -2.19. The van der Waals surface area contributed by atoms with E-state index < -0.39 is 0 Å². The molecular weight excluding hydrogens is 320 g/mol. The van der Waals surface area contributed by atoms with E-state index in [0.717, 1.165) is 29.7 Å². The third kappa shape index (κ3) is 2.96. The highest BCUT2D eigenvalue weighted by Gasteiger charge is 2.36. The van der Waals surface area contributed by atoms with Gasteiger partial charge in [0, 0.05) is 19.0 Å². The maximum Gasteiger partial charge on any atom is 0.241 e. The van der Waals surface area contributed by atoms with E-state index >= 15 is 0 Å². The zero-order chi connectivity index (χ0) is 17.6. The Morgan fingerprint density at radius 3 is 2.84 bits per heavy atom. The van der Waals surface area contributed by atoms with Crippen LogP contribution in [0.4, 0.5) is 0 Å². The van der Waals surface area contributed by atoms with Crippen molar-refractivity contribution < 1.29 is 9.21 Å². The number of furan rings is 1. The number of carbonyl (C=O) groups is 1. The van der Waals surface area contributed by atoms with Gasteiger partial charge < -0.3 is 13.9 Å². The predicted octanol–water partition coefficient (Wildman–Crippen LogP) is 1.25. The molecule has 0 spiro atoms. The van der Waals surface area contributed by atoms with Crippen LogP contribution in [0.3, 0.4) is 0 Å². The molecule has 2 N–H and O–H groups in total. The summed E-state index contributed by atoms with van der Waals surface area (Å²) in [7, 11) is 0. The SMILES string of the molecule is Cc1ccc(C2CC(C(=O)N3CCn4c(nnc4C(C)C)C3)NN2)o1.